The zero-order chi connectivity index (χ0) is 32.5. The molecule has 5 atom stereocenters. The quantitative estimate of drug-likeness (QED) is 0.132. The van der Waals surface area contributed by atoms with Crippen LogP contribution in [0, 0.1) is 5.92 Å². The maximum atomic E-state index is 12.4. The number of benzene rings is 2. The minimum absolute atomic E-state index is 0.202. The second-order valence-corrected chi connectivity index (χ2v) is 20.0. The smallest absolute Gasteiger partial charge is 0.264 e. The van der Waals surface area contributed by atoms with Crippen molar-refractivity contribution in [3.8, 4) is 5.75 Å². The molecule has 0 N–H and O–H groups in total. The van der Waals surface area contributed by atoms with Gasteiger partial charge >= 0.3 is 0 Å². The van der Waals surface area contributed by atoms with Crippen LogP contribution in [0.2, 0.25) is 16.6 Å². The number of hydrogen-bond donors (Lipinski definition) is 0. The fourth-order valence-electron chi connectivity index (χ4n) is 6.65. The molecule has 0 amide bonds. The van der Waals surface area contributed by atoms with Crippen LogP contribution in [0.3, 0.4) is 0 Å². The van der Waals surface area contributed by atoms with E-state index in [1.807, 2.05) is 61.5 Å². The number of hydrogen-bond acceptors (Lipinski definition) is 8. The average molecular weight is 651 g/mol. The maximum absolute atomic E-state index is 12.4. The molecule has 2 aromatic rings. The SMILES string of the molecule is COc1ccc(CO[C@@H](COCc2ccccc2)[C@H]2C[C@H](OS(C)(=O)=O)[C@@H](C)[C@H](CO[Si](C(C)C)(C(C)C)C(C)C)O2)cc1. The zero-order valence-electron chi connectivity index (χ0n) is 28.0. The molecular weight excluding hydrogens is 597 g/mol. The van der Waals surface area contributed by atoms with E-state index < -0.39 is 36.7 Å². The van der Waals surface area contributed by atoms with Crippen LogP contribution >= 0.6 is 0 Å². The highest BCUT2D eigenvalue weighted by Crippen LogP contribution is 2.43. The fraction of sp³-hybridized carbons (Fsp3) is 0.647. The fourth-order valence-corrected chi connectivity index (χ4v) is 12.8. The van der Waals surface area contributed by atoms with Crippen LogP contribution < -0.4 is 4.74 Å². The van der Waals surface area contributed by atoms with Gasteiger partial charge in [0, 0.05) is 12.3 Å². The van der Waals surface area contributed by atoms with Crippen LogP contribution in [0.1, 0.15) is 66.0 Å². The molecule has 1 saturated heterocycles. The van der Waals surface area contributed by atoms with E-state index in [0.29, 0.717) is 42.9 Å². The molecule has 1 aliphatic heterocycles. The Balaban J connectivity index is 1.86. The van der Waals surface area contributed by atoms with Crippen LogP contribution in [-0.2, 0) is 46.2 Å². The monoisotopic (exact) mass is 650 g/mol. The van der Waals surface area contributed by atoms with Crippen molar-refractivity contribution in [2.24, 2.45) is 5.92 Å². The van der Waals surface area contributed by atoms with E-state index in [0.717, 1.165) is 23.1 Å². The van der Waals surface area contributed by atoms with E-state index in [4.69, 9.17) is 27.6 Å². The summed E-state index contributed by atoms with van der Waals surface area (Å²) in [4.78, 5) is 0. The van der Waals surface area contributed by atoms with Crippen LogP contribution in [0.15, 0.2) is 54.6 Å². The van der Waals surface area contributed by atoms with E-state index in [9.17, 15) is 8.42 Å². The standard InChI is InChI=1S/C34H54O8SSi/c1-24(2)44(25(3)4,26(5)6)40-23-33-27(7)31(42-43(9,35)36)19-32(41-33)34(22-38-20-28-13-11-10-12-14-28)39-21-29-15-17-30(37-8)18-16-29/h10-18,24-27,31-34H,19-23H2,1-9H3/t27-,31+,32-,33+,34+/m1/s1. The van der Waals surface area contributed by atoms with Gasteiger partial charge in [0.15, 0.2) is 8.32 Å². The molecule has 0 unspecified atom stereocenters. The largest absolute Gasteiger partial charge is 0.497 e. The van der Waals surface area contributed by atoms with Gasteiger partial charge in [-0.15, -0.1) is 0 Å². The summed E-state index contributed by atoms with van der Waals surface area (Å²) in [6.07, 6.45) is -0.424. The van der Waals surface area contributed by atoms with E-state index in [2.05, 4.69) is 41.5 Å². The first kappa shape index (κ1) is 36.7. The first-order valence-electron chi connectivity index (χ1n) is 15.8. The summed E-state index contributed by atoms with van der Waals surface area (Å²) in [6.45, 7) is 16.9. The van der Waals surface area contributed by atoms with E-state index in [1.54, 1.807) is 7.11 Å². The first-order valence-corrected chi connectivity index (χ1v) is 19.8. The lowest BCUT2D eigenvalue weighted by molar-refractivity contribution is -0.191. The molecule has 248 valence electrons. The Bertz CT molecular complexity index is 1200. The van der Waals surface area contributed by atoms with E-state index in [1.165, 1.54) is 0 Å². The van der Waals surface area contributed by atoms with Gasteiger partial charge in [-0.05, 0) is 39.9 Å². The normalized spacial score (nSPS) is 22.1. The molecule has 1 aliphatic rings. The van der Waals surface area contributed by atoms with Crippen molar-refractivity contribution in [2.75, 3.05) is 26.6 Å². The van der Waals surface area contributed by atoms with Crippen LogP contribution in [0.4, 0.5) is 0 Å². The van der Waals surface area contributed by atoms with Gasteiger partial charge in [-0.3, -0.25) is 4.18 Å². The number of methoxy groups -OCH3 is 1. The van der Waals surface area contributed by atoms with Gasteiger partial charge in [0.1, 0.15) is 11.9 Å². The number of rotatable bonds is 17. The zero-order valence-corrected chi connectivity index (χ0v) is 29.8. The maximum Gasteiger partial charge on any atom is 0.264 e. The topological polar surface area (TPSA) is 89.5 Å². The minimum atomic E-state index is -3.70. The molecule has 0 bridgehead atoms. The molecule has 0 aromatic heterocycles. The van der Waals surface area contributed by atoms with Crippen molar-refractivity contribution >= 4 is 18.4 Å². The third kappa shape index (κ3) is 10.1. The molecule has 3 rings (SSSR count). The second kappa shape index (κ2) is 16.7. The van der Waals surface area contributed by atoms with Gasteiger partial charge in [0.25, 0.3) is 10.1 Å². The molecule has 10 heteroatoms. The Hall–Kier alpha value is -1.79. The van der Waals surface area contributed by atoms with Gasteiger partial charge in [-0.2, -0.15) is 8.42 Å². The highest BCUT2D eigenvalue weighted by molar-refractivity contribution is 7.86. The molecule has 1 fully saturated rings. The molecule has 0 aliphatic carbocycles. The van der Waals surface area contributed by atoms with Gasteiger partial charge in [-0.25, -0.2) is 0 Å². The molecule has 0 radical (unpaired) electrons. The van der Waals surface area contributed by atoms with Crippen LogP contribution in [0.5, 0.6) is 5.75 Å². The van der Waals surface area contributed by atoms with E-state index >= 15 is 0 Å². The van der Waals surface area contributed by atoms with E-state index in [-0.39, 0.29) is 18.6 Å². The Morgan fingerprint density at radius 1 is 0.886 bits per heavy atom. The number of ether oxygens (including phenoxy) is 4. The van der Waals surface area contributed by atoms with Gasteiger partial charge in [-0.1, -0.05) is 90.9 Å². The molecule has 8 nitrogen and oxygen atoms in total. The van der Waals surface area contributed by atoms with Crippen LogP contribution in [0.25, 0.3) is 0 Å². The summed E-state index contributed by atoms with van der Waals surface area (Å²) >= 11 is 0. The van der Waals surface area contributed by atoms with Gasteiger partial charge in [0.2, 0.25) is 0 Å². The Kier molecular flexibility index (Phi) is 13.9. The summed E-state index contributed by atoms with van der Waals surface area (Å²) < 4.78 is 62.0. The average Bonchev–Trinajstić information content (AvgIpc) is 2.96. The molecule has 0 spiro atoms. The first-order chi connectivity index (χ1) is 20.8. The summed E-state index contributed by atoms with van der Waals surface area (Å²) in [6, 6.07) is 17.7. The Morgan fingerprint density at radius 3 is 2.02 bits per heavy atom. The van der Waals surface area contributed by atoms with Crippen molar-refractivity contribution < 1.29 is 36.0 Å². The van der Waals surface area contributed by atoms with Gasteiger partial charge in [0.05, 0.1) is 58.1 Å². The minimum Gasteiger partial charge on any atom is -0.497 e. The van der Waals surface area contributed by atoms with Crippen molar-refractivity contribution in [1.29, 1.82) is 0 Å². The lowest BCUT2D eigenvalue weighted by Gasteiger charge is -2.46. The Labute approximate surface area is 267 Å². The third-order valence-corrected chi connectivity index (χ3v) is 15.6. The molecule has 0 saturated carbocycles. The highest BCUT2D eigenvalue weighted by atomic mass is 32.2. The van der Waals surface area contributed by atoms with Crippen molar-refractivity contribution in [3.05, 3.63) is 65.7 Å². The lowest BCUT2D eigenvalue weighted by atomic mass is 9.89. The van der Waals surface area contributed by atoms with Gasteiger partial charge < -0.3 is 23.4 Å². The van der Waals surface area contributed by atoms with Crippen molar-refractivity contribution in [3.63, 3.8) is 0 Å². The molecule has 1 heterocycles. The summed E-state index contributed by atoms with van der Waals surface area (Å²) in [5, 5.41) is 0. The second-order valence-electron chi connectivity index (χ2n) is 13.0. The van der Waals surface area contributed by atoms with Crippen molar-refractivity contribution in [1.82, 2.24) is 0 Å². The summed E-state index contributed by atoms with van der Waals surface area (Å²) in [7, 11) is -4.25. The third-order valence-electron chi connectivity index (χ3n) is 8.92. The Morgan fingerprint density at radius 2 is 1.48 bits per heavy atom. The lowest BCUT2D eigenvalue weighted by Crippen LogP contribution is -2.54. The molecule has 44 heavy (non-hydrogen) atoms. The summed E-state index contributed by atoms with van der Waals surface area (Å²) in [5.74, 6) is 0.570. The summed E-state index contributed by atoms with van der Waals surface area (Å²) in [5.41, 5.74) is 3.27. The molecular formula is C34H54O8SSi. The van der Waals surface area contributed by atoms with Crippen molar-refractivity contribution in [2.45, 2.75) is 109 Å². The predicted octanol–water partition coefficient (Wildman–Crippen LogP) is 7.13. The predicted molar refractivity (Wildman–Crippen MR) is 177 cm³/mol. The highest BCUT2D eigenvalue weighted by Gasteiger charge is 2.48. The molecule has 2 aromatic carbocycles. The van der Waals surface area contributed by atoms with Crippen LogP contribution in [-0.4, -0.2) is 67.7 Å².